The fraction of sp³-hybridized carbons (Fsp3) is 0.767. The summed E-state index contributed by atoms with van der Waals surface area (Å²) in [7, 11) is 0. The van der Waals surface area contributed by atoms with Gasteiger partial charge >= 0.3 is 0 Å². The molecule has 0 radical (unpaired) electrons. The van der Waals surface area contributed by atoms with E-state index in [4.69, 9.17) is 9.47 Å². The van der Waals surface area contributed by atoms with Crippen molar-refractivity contribution in [2.45, 2.75) is 122 Å². The zero-order valence-corrected chi connectivity index (χ0v) is 22.6. The van der Waals surface area contributed by atoms with Gasteiger partial charge in [0.15, 0.2) is 11.5 Å². The Balaban J connectivity index is 1.33. The molecule has 2 N–H and O–H groups in total. The Morgan fingerprint density at radius 1 is 0.917 bits per heavy atom. The Bertz CT molecular complexity index is 750. The second-order valence-electron chi connectivity index (χ2n) is 10.7. The molecule has 2 heterocycles. The number of unbranched alkanes of at least 4 members (excludes halogenated alkanes) is 12. The molecule has 36 heavy (non-hydrogen) atoms. The molecule has 3 rings (SSSR count). The van der Waals surface area contributed by atoms with Crippen molar-refractivity contribution in [2.75, 3.05) is 26.4 Å². The Morgan fingerprint density at radius 3 is 2.17 bits per heavy atom. The highest BCUT2D eigenvalue weighted by Gasteiger charge is 2.30. The number of fused-ring (bicyclic) bond motifs is 1. The van der Waals surface area contributed by atoms with Gasteiger partial charge in [-0.05, 0) is 38.4 Å². The minimum absolute atomic E-state index is 0.0334. The molecule has 1 saturated heterocycles. The predicted octanol–water partition coefficient (Wildman–Crippen LogP) is 6.51. The summed E-state index contributed by atoms with van der Waals surface area (Å²) in [5.41, 5.74) is 0.690. The first-order chi connectivity index (χ1) is 17.7. The summed E-state index contributed by atoms with van der Waals surface area (Å²) >= 11 is 0. The van der Waals surface area contributed by atoms with E-state index in [0.29, 0.717) is 30.0 Å². The van der Waals surface area contributed by atoms with E-state index in [-0.39, 0.29) is 18.7 Å². The molecule has 2 atom stereocenters. The third-order valence-corrected chi connectivity index (χ3v) is 7.63. The van der Waals surface area contributed by atoms with Crippen LogP contribution in [0.25, 0.3) is 0 Å². The van der Waals surface area contributed by atoms with E-state index in [0.717, 1.165) is 25.9 Å². The molecular weight excluding hydrogens is 452 g/mol. The fourth-order valence-electron chi connectivity index (χ4n) is 5.45. The highest BCUT2D eigenvalue weighted by Crippen LogP contribution is 2.39. The number of aliphatic hydroxyl groups excluding tert-OH is 1. The van der Waals surface area contributed by atoms with Crippen LogP contribution >= 0.6 is 0 Å². The van der Waals surface area contributed by atoms with Crippen molar-refractivity contribution in [3.8, 4) is 11.5 Å². The normalized spacial score (nSPS) is 16.8. The van der Waals surface area contributed by atoms with Crippen LogP contribution in [0, 0.1) is 0 Å². The molecule has 1 amide bonds. The third-order valence-electron chi connectivity index (χ3n) is 7.63. The molecule has 0 aromatic heterocycles. The van der Waals surface area contributed by atoms with Gasteiger partial charge < -0.3 is 24.8 Å². The van der Waals surface area contributed by atoms with Gasteiger partial charge in [-0.3, -0.25) is 4.79 Å². The average Bonchev–Trinajstić information content (AvgIpc) is 3.58. The molecule has 0 saturated carbocycles. The smallest absolute Gasteiger partial charge is 0.231 e. The Hall–Kier alpha value is -1.79. The van der Waals surface area contributed by atoms with Gasteiger partial charge in [0.25, 0.3) is 0 Å². The fourth-order valence-corrected chi connectivity index (χ4v) is 5.45. The van der Waals surface area contributed by atoms with Crippen molar-refractivity contribution in [3.63, 3.8) is 0 Å². The van der Waals surface area contributed by atoms with Crippen LogP contribution in [0.3, 0.4) is 0 Å². The Morgan fingerprint density at radius 2 is 1.53 bits per heavy atom. The van der Waals surface area contributed by atoms with Gasteiger partial charge in [0.05, 0.1) is 6.04 Å². The maximum atomic E-state index is 12.8. The van der Waals surface area contributed by atoms with Gasteiger partial charge in [-0.15, -0.1) is 0 Å². The second kappa shape index (κ2) is 16.9. The van der Waals surface area contributed by atoms with Crippen molar-refractivity contribution >= 4 is 5.91 Å². The Labute approximate surface area is 219 Å². The van der Waals surface area contributed by atoms with Gasteiger partial charge in [-0.25, -0.2) is 0 Å². The van der Waals surface area contributed by atoms with E-state index in [1.54, 1.807) is 0 Å². The van der Waals surface area contributed by atoms with Crippen LogP contribution in [0.1, 0.15) is 121 Å². The van der Waals surface area contributed by atoms with Crippen molar-refractivity contribution in [2.24, 2.45) is 0 Å². The van der Waals surface area contributed by atoms with Crippen molar-refractivity contribution < 1.29 is 19.4 Å². The lowest BCUT2D eigenvalue weighted by atomic mass is 9.99. The highest BCUT2D eigenvalue weighted by molar-refractivity contribution is 5.76. The summed E-state index contributed by atoms with van der Waals surface area (Å²) in [6, 6.07) is 5.22. The van der Waals surface area contributed by atoms with Crippen LogP contribution in [-0.2, 0) is 4.79 Å². The van der Waals surface area contributed by atoms with Crippen LogP contribution in [-0.4, -0.2) is 48.4 Å². The maximum absolute atomic E-state index is 12.8. The standard InChI is InChI=1S/C30H50N2O4/c1-2-3-4-5-6-7-8-9-10-11-12-13-14-20-28(33)31-26(23-32-21-15-16-22-32)29(34)25-18-17-19-27-30(25)36-24-35-27/h17-19,26,29,34H,2-16,20-24H2,1H3,(H,31,33)/t26-,29-/m1/s1. The molecule has 1 aromatic carbocycles. The average molecular weight is 503 g/mol. The maximum Gasteiger partial charge on any atom is 0.231 e. The third kappa shape index (κ3) is 9.93. The van der Waals surface area contributed by atoms with Gasteiger partial charge in [-0.1, -0.05) is 96.1 Å². The number of aliphatic hydroxyl groups is 1. The number of para-hydroxylation sites is 1. The van der Waals surface area contributed by atoms with E-state index >= 15 is 0 Å². The van der Waals surface area contributed by atoms with E-state index < -0.39 is 6.10 Å². The van der Waals surface area contributed by atoms with Crippen LogP contribution < -0.4 is 14.8 Å². The summed E-state index contributed by atoms with van der Waals surface area (Å²) < 4.78 is 11.1. The lowest BCUT2D eigenvalue weighted by Gasteiger charge is -2.29. The Kier molecular flexibility index (Phi) is 13.5. The van der Waals surface area contributed by atoms with Gasteiger partial charge in [0, 0.05) is 18.5 Å². The first-order valence-corrected chi connectivity index (χ1v) is 14.8. The quantitative estimate of drug-likeness (QED) is 0.211. The summed E-state index contributed by atoms with van der Waals surface area (Å²) in [6.07, 6.45) is 18.9. The number of carbonyl (C=O) groups is 1. The van der Waals surface area contributed by atoms with Crippen molar-refractivity contribution in [1.29, 1.82) is 0 Å². The van der Waals surface area contributed by atoms with Crippen LogP contribution in [0.4, 0.5) is 0 Å². The number of hydrogen-bond acceptors (Lipinski definition) is 5. The van der Waals surface area contributed by atoms with Crippen LogP contribution in [0.2, 0.25) is 0 Å². The summed E-state index contributed by atoms with van der Waals surface area (Å²) in [5, 5.41) is 14.4. The van der Waals surface area contributed by atoms with Crippen molar-refractivity contribution in [1.82, 2.24) is 10.2 Å². The van der Waals surface area contributed by atoms with Crippen molar-refractivity contribution in [3.05, 3.63) is 23.8 Å². The number of rotatable bonds is 19. The molecule has 1 aromatic rings. The SMILES string of the molecule is CCCCCCCCCCCCCCCC(=O)N[C@H](CN1CCCC1)[C@H](O)c1cccc2c1OCO2. The van der Waals surface area contributed by atoms with E-state index in [2.05, 4.69) is 17.1 Å². The zero-order valence-electron chi connectivity index (χ0n) is 22.6. The molecule has 6 nitrogen and oxygen atoms in total. The first-order valence-electron chi connectivity index (χ1n) is 14.8. The molecular formula is C30H50N2O4. The number of hydrogen-bond donors (Lipinski definition) is 2. The number of amides is 1. The molecule has 0 spiro atoms. The first kappa shape index (κ1) is 28.8. The number of likely N-dealkylation sites (tertiary alicyclic amines) is 1. The number of nitrogens with zero attached hydrogens (tertiary/aromatic N) is 1. The molecule has 0 bridgehead atoms. The van der Waals surface area contributed by atoms with Gasteiger partial charge in [-0.2, -0.15) is 0 Å². The zero-order chi connectivity index (χ0) is 25.4. The predicted molar refractivity (Wildman–Crippen MR) is 145 cm³/mol. The lowest BCUT2D eigenvalue weighted by Crippen LogP contribution is -2.46. The largest absolute Gasteiger partial charge is 0.454 e. The summed E-state index contributed by atoms with van der Waals surface area (Å²) in [4.78, 5) is 15.1. The van der Waals surface area contributed by atoms with Gasteiger partial charge in [0.1, 0.15) is 6.10 Å². The molecule has 6 heteroatoms. The van der Waals surface area contributed by atoms with E-state index in [9.17, 15) is 9.90 Å². The molecule has 2 aliphatic heterocycles. The molecule has 2 aliphatic rings. The van der Waals surface area contributed by atoms with E-state index in [1.807, 2.05) is 18.2 Å². The number of benzene rings is 1. The molecule has 0 aliphatic carbocycles. The molecule has 0 unspecified atom stereocenters. The number of ether oxygens (including phenoxy) is 2. The lowest BCUT2D eigenvalue weighted by molar-refractivity contribution is -0.123. The van der Waals surface area contributed by atoms with Crippen LogP contribution in [0.15, 0.2) is 18.2 Å². The molecule has 1 fully saturated rings. The summed E-state index contributed by atoms with van der Waals surface area (Å²) in [6.45, 7) is 5.12. The van der Waals surface area contributed by atoms with E-state index in [1.165, 1.54) is 83.5 Å². The summed E-state index contributed by atoms with van der Waals surface area (Å²) in [5.74, 6) is 1.29. The number of carbonyl (C=O) groups excluding carboxylic acids is 1. The van der Waals surface area contributed by atoms with Crippen LogP contribution in [0.5, 0.6) is 11.5 Å². The highest BCUT2D eigenvalue weighted by atomic mass is 16.7. The number of nitrogens with one attached hydrogen (secondary N) is 1. The monoisotopic (exact) mass is 502 g/mol. The molecule has 204 valence electrons. The van der Waals surface area contributed by atoms with Gasteiger partial charge in [0.2, 0.25) is 12.7 Å². The minimum Gasteiger partial charge on any atom is -0.454 e. The second-order valence-corrected chi connectivity index (χ2v) is 10.7. The minimum atomic E-state index is -0.835. The topological polar surface area (TPSA) is 71.0 Å².